The summed E-state index contributed by atoms with van der Waals surface area (Å²) in [4.78, 5) is 24.5. The highest BCUT2D eigenvalue weighted by Crippen LogP contribution is 2.25. The molecule has 0 aliphatic rings. The molecule has 0 unspecified atom stereocenters. The minimum Gasteiger partial charge on any atom is -0.495 e. The average Bonchev–Trinajstić information content (AvgIpc) is 2.62. The average molecular weight is 355 g/mol. The Kier molecular flexibility index (Phi) is 6.78. The molecule has 0 aliphatic carbocycles. The van der Waals surface area contributed by atoms with Crippen LogP contribution >= 0.6 is 0 Å². The van der Waals surface area contributed by atoms with Gasteiger partial charge in [0, 0.05) is 0 Å². The molecule has 2 atom stereocenters. The minimum absolute atomic E-state index is 0.0239. The summed E-state index contributed by atoms with van der Waals surface area (Å²) in [7, 11) is 1.54. The fourth-order valence-electron chi connectivity index (χ4n) is 2.60. The molecule has 0 bridgehead atoms. The molecule has 5 heteroatoms. The van der Waals surface area contributed by atoms with Crippen molar-refractivity contribution < 1.29 is 19.1 Å². The van der Waals surface area contributed by atoms with Crippen LogP contribution in [0.2, 0.25) is 0 Å². The molecule has 0 saturated heterocycles. The van der Waals surface area contributed by atoms with Gasteiger partial charge in [0.2, 0.25) is 0 Å². The molecule has 2 aromatic rings. The van der Waals surface area contributed by atoms with Gasteiger partial charge in [-0.05, 0) is 43.0 Å². The second-order valence-corrected chi connectivity index (χ2v) is 6.34. The SMILES string of the molecule is COc1ccc(C)cc1NC(=O)[C@@H](C)OC(=O)C[C@H](C)c1ccccc1. The normalized spacial score (nSPS) is 12.8. The molecule has 0 radical (unpaired) electrons. The molecule has 1 N–H and O–H groups in total. The number of aryl methyl sites for hydroxylation is 1. The number of nitrogens with one attached hydrogen (secondary N) is 1. The van der Waals surface area contributed by atoms with E-state index in [0.29, 0.717) is 11.4 Å². The Bertz CT molecular complexity index is 758. The summed E-state index contributed by atoms with van der Waals surface area (Å²) in [5, 5.41) is 2.75. The van der Waals surface area contributed by atoms with E-state index < -0.39 is 18.0 Å². The lowest BCUT2D eigenvalue weighted by Crippen LogP contribution is -2.30. The number of rotatable bonds is 7. The number of hydrogen-bond donors (Lipinski definition) is 1. The molecule has 2 aromatic carbocycles. The first kappa shape index (κ1) is 19.5. The smallest absolute Gasteiger partial charge is 0.307 e. The van der Waals surface area contributed by atoms with Crippen molar-refractivity contribution in [3.63, 3.8) is 0 Å². The molecule has 0 spiro atoms. The molecule has 0 fully saturated rings. The third kappa shape index (κ3) is 5.34. The van der Waals surface area contributed by atoms with Gasteiger partial charge in [0.25, 0.3) is 5.91 Å². The maximum atomic E-state index is 12.3. The fraction of sp³-hybridized carbons (Fsp3) is 0.333. The molecular weight excluding hydrogens is 330 g/mol. The first-order chi connectivity index (χ1) is 12.4. The lowest BCUT2D eigenvalue weighted by Gasteiger charge is -2.17. The van der Waals surface area contributed by atoms with E-state index >= 15 is 0 Å². The Balaban J connectivity index is 1.92. The summed E-state index contributed by atoms with van der Waals surface area (Å²) >= 11 is 0. The Labute approximate surface area is 154 Å². The molecule has 5 nitrogen and oxygen atoms in total. The number of carbonyl (C=O) groups is 2. The van der Waals surface area contributed by atoms with Crippen LogP contribution in [0.25, 0.3) is 0 Å². The van der Waals surface area contributed by atoms with Crippen LogP contribution in [0.4, 0.5) is 5.69 Å². The Hall–Kier alpha value is -2.82. The zero-order valence-corrected chi connectivity index (χ0v) is 15.6. The second-order valence-electron chi connectivity index (χ2n) is 6.34. The van der Waals surface area contributed by atoms with Crippen molar-refractivity contribution in [1.29, 1.82) is 0 Å². The van der Waals surface area contributed by atoms with E-state index in [9.17, 15) is 9.59 Å². The lowest BCUT2D eigenvalue weighted by atomic mass is 9.98. The van der Waals surface area contributed by atoms with Gasteiger partial charge in [-0.25, -0.2) is 0 Å². The summed E-state index contributed by atoms with van der Waals surface area (Å²) in [5.74, 6) is -0.217. The van der Waals surface area contributed by atoms with Crippen molar-refractivity contribution in [2.75, 3.05) is 12.4 Å². The van der Waals surface area contributed by atoms with Crippen LogP contribution in [-0.2, 0) is 14.3 Å². The minimum atomic E-state index is -0.893. The number of ether oxygens (including phenoxy) is 2. The van der Waals surface area contributed by atoms with Crippen LogP contribution in [0, 0.1) is 6.92 Å². The van der Waals surface area contributed by atoms with Crippen molar-refractivity contribution in [3.8, 4) is 5.75 Å². The topological polar surface area (TPSA) is 64.6 Å². The monoisotopic (exact) mass is 355 g/mol. The number of hydrogen-bond acceptors (Lipinski definition) is 4. The lowest BCUT2D eigenvalue weighted by molar-refractivity contribution is -0.153. The van der Waals surface area contributed by atoms with Crippen LogP contribution in [-0.4, -0.2) is 25.1 Å². The summed E-state index contributed by atoms with van der Waals surface area (Å²) in [5.41, 5.74) is 2.60. The molecule has 138 valence electrons. The van der Waals surface area contributed by atoms with E-state index in [1.165, 1.54) is 7.11 Å². The van der Waals surface area contributed by atoms with Crippen LogP contribution in [0.15, 0.2) is 48.5 Å². The summed E-state index contributed by atoms with van der Waals surface area (Å²) in [6.07, 6.45) is -0.675. The van der Waals surface area contributed by atoms with Crippen LogP contribution < -0.4 is 10.1 Å². The predicted molar refractivity (Wildman–Crippen MR) is 101 cm³/mol. The van der Waals surface area contributed by atoms with Crippen molar-refractivity contribution in [2.45, 2.75) is 39.2 Å². The first-order valence-corrected chi connectivity index (χ1v) is 8.60. The van der Waals surface area contributed by atoms with E-state index in [1.807, 2.05) is 56.3 Å². The number of amides is 1. The van der Waals surface area contributed by atoms with E-state index in [-0.39, 0.29) is 12.3 Å². The number of esters is 1. The molecule has 1 amide bonds. The van der Waals surface area contributed by atoms with Crippen molar-refractivity contribution in [1.82, 2.24) is 0 Å². The number of anilines is 1. The quantitative estimate of drug-likeness (QED) is 0.761. The summed E-state index contributed by atoms with van der Waals surface area (Å²) in [6.45, 7) is 5.44. The van der Waals surface area contributed by atoms with Gasteiger partial charge in [-0.3, -0.25) is 9.59 Å². The second kappa shape index (κ2) is 9.04. The van der Waals surface area contributed by atoms with Crippen LogP contribution in [0.1, 0.15) is 37.3 Å². The number of benzene rings is 2. The predicted octanol–water partition coefficient (Wildman–Crippen LogP) is 4.07. The van der Waals surface area contributed by atoms with Gasteiger partial charge >= 0.3 is 5.97 Å². The first-order valence-electron chi connectivity index (χ1n) is 8.60. The zero-order valence-electron chi connectivity index (χ0n) is 15.6. The standard InChI is InChI=1S/C21H25NO4/c1-14-10-11-19(25-4)18(12-14)22-21(24)16(3)26-20(23)13-15(2)17-8-6-5-7-9-17/h5-12,15-16H,13H2,1-4H3,(H,22,24)/t15-,16+/m0/s1. The molecule has 2 rings (SSSR count). The maximum Gasteiger partial charge on any atom is 0.307 e. The highest BCUT2D eigenvalue weighted by atomic mass is 16.5. The van der Waals surface area contributed by atoms with Crippen LogP contribution in [0.5, 0.6) is 5.75 Å². The van der Waals surface area contributed by atoms with Gasteiger partial charge in [-0.2, -0.15) is 0 Å². The summed E-state index contributed by atoms with van der Waals surface area (Å²) in [6, 6.07) is 15.2. The van der Waals surface area contributed by atoms with Crippen LogP contribution in [0.3, 0.4) is 0 Å². The molecule has 0 saturated carbocycles. The molecule has 0 aromatic heterocycles. The molecule has 0 heterocycles. The van der Waals surface area contributed by atoms with Crippen molar-refractivity contribution in [3.05, 3.63) is 59.7 Å². The van der Waals surface area contributed by atoms with E-state index in [0.717, 1.165) is 11.1 Å². The van der Waals surface area contributed by atoms with Gasteiger partial charge in [0.15, 0.2) is 6.10 Å². The van der Waals surface area contributed by atoms with Gasteiger partial charge in [-0.1, -0.05) is 43.3 Å². The highest BCUT2D eigenvalue weighted by molar-refractivity contribution is 5.96. The third-order valence-corrected chi connectivity index (χ3v) is 4.13. The maximum absolute atomic E-state index is 12.3. The van der Waals surface area contributed by atoms with E-state index in [1.54, 1.807) is 13.0 Å². The fourth-order valence-corrected chi connectivity index (χ4v) is 2.60. The van der Waals surface area contributed by atoms with Crippen molar-refractivity contribution in [2.24, 2.45) is 0 Å². The molecule has 26 heavy (non-hydrogen) atoms. The van der Waals surface area contributed by atoms with Gasteiger partial charge in [0.1, 0.15) is 5.75 Å². The number of carbonyl (C=O) groups excluding carboxylic acids is 2. The van der Waals surface area contributed by atoms with E-state index in [4.69, 9.17) is 9.47 Å². The number of methoxy groups -OCH3 is 1. The Morgan fingerprint density at radius 2 is 1.77 bits per heavy atom. The highest BCUT2D eigenvalue weighted by Gasteiger charge is 2.21. The molecule has 0 aliphatic heterocycles. The zero-order chi connectivity index (χ0) is 19.1. The largest absolute Gasteiger partial charge is 0.495 e. The summed E-state index contributed by atoms with van der Waals surface area (Å²) < 4.78 is 10.5. The van der Waals surface area contributed by atoms with Gasteiger partial charge < -0.3 is 14.8 Å². The van der Waals surface area contributed by atoms with Gasteiger partial charge in [0.05, 0.1) is 19.2 Å². The van der Waals surface area contributed by atoms with E-state index in [2.05, 4.69) is 5.32 Å². The van der Waals surface area contributed by atoms with Gasteiger partial charge in [-0.15, -0.1) is 0 Å². The Morgan fingerprint density at radius 1 is 1.08 bits per heavy atom. The Morgan fingerprint density at radius 3 is 2.42 bits per heavy atom. The van der Waals surface area contributed by atoms with Crippen molar-refractivity contribution >= 4 is 17.6 Å². The molecular formula is C21H25NO4. The third-order valence-electron chi connectivity index (χ3n) is 4.13.